The number of phenols is 1. The molecular formula is C15H12FNO2. The van der Waals surface area contributed by atoms with E-state index in [9.17, 15) is 9.50 Å². The molecule has 0 radical (unpaired) electrons. The molecule has 1 heterocycles. The van der Waals surface area contributed by atoms with Gasteiger partial charge >= 0.3 is 0 Å². The lowest BCUT2D eigenvalue weighted by atomic mass is 10.2. The fourth-order valence-corrected chi connectivity index (χ4v) is 1.97. The van der Waals surface area contributed by atoms with Crippen molar-refractivity contribution in [3.05, 3.63) is 60.0 Å². The molecule has 1 aromatic heterocycles. The van der Waals surface area contributed by atoms with Gasteiger partial charge < -0.3 is 14.8 Å². The van der Waals surface area contributed by atoms with Crippen LogP contribution in [0.15, 0.2) is 48.5 Å². The van der Waals surface area contributed by atoms with E-state index in [2.05, 4.69) is 4.98 Å². The highest BCUT2D eigenvalue weighted by Crippen LogP contribution is 2.22. The van der Waals surface area contributed by atoms with Crippen LogP contribution in [0.3, 0.4) is 0 Å². The Bertz CT molecular complexity index is 721. The largest absolute Gasteiger partial charge is 0.508 e. The maximum absolute atomic E-state index is 13.4. The summed E-state index contributed by atoms with van der Waals surface area (Å²) in [6.07, 6.45) is 0. The Kier molecular flexibility index (Phi) is 2.83. The van der Waals surface area contributed by atoms with Gasteiger partial charge in [0.2, 0.25) is 0 Å². The van der Waals surface area contributed by atoms with Crippen LogP contribution in [0.1, 0.15) is 5.69 Å². The number of H-pyrrole nitrogens is 1. The summed E-state index contributed by atoms with van der Waals surface area (Å²) >= 11 is 0. The number of aromatic nitrogens is 1. The van der Waals surface area contributed by atoms with E-state index in [1.165, 1.54) is 6.07 Å². The maximum Gasteiger partial charge on any atom is 0.165 e. The Labute approximate surface area is 109 Å². The van der Waals surface area contributed by atoms with Crippen LogP contribution in [-0.4, -0.2) is 10.1 Å². The molecule has 0 unspecified atom stereocenters. The summed E-state index contributed by atoms with van der Waals surface area (Å²) in [6.45, 7) is 0.246. The van der Waals surface area contributed by atoms with Crippen molar-refractivity contribution in [2.24, 2.45) is 0 Å². The summed E-state index contributed by atoms with van der Waals surface area (Å²) in [5.74, 6) is 0.0520. The van der Waals surface area contributed by atoms with Crippen molar-refractivity contribution >= 4 is 10.9 Å². The van der Waals surface area contributed by atoms with Gasteiger partial charge in [0.15, 0.2) is 11.6 Å². The monoisotopic (exact) mass is 257 g/mol. The van der Waals surface area contributed by atoms with Crippen LogP contribution in [0.4, 0.5) is 4.39 Å². The van der Waals surface area contributed by atoms with Crippen LogP contribution in [0.5, 0.6) is 11.5 Å². The van der Waals surface area contributed by atoms with Crippen molar-refractivity contribution in [1.82, 2.24) is 4.98 Å². The molecule has 0 spiro atoms. The highest BCUT2D eigenvalue weighted by molar-refractivity contribution is 5.81. The van der Waals surface area contributed by atoms with Gasteiger partial charge in [-0.25, -0.2) is 4.39 Å². The third kappa shape index (κ3) is 2.38. The minimum absolute atomic E-state index is 0.205. The van der Waals surface area contributed by atoms with Gasteiger partial charge in [0.1, 0.15) is 12.4 Å². The molecule has 3 aromatic rings. The normalized spacial score (nSPS) is 10.8. The Hall–Kier alpha value is -2.49. The van der Waals surface area contributed by atoms with Crippen molar-refractivity contribution in [3.8, 4) is 11.5 Å². The maximum atomic E-state index is 13.4. The number of benzene rings is 2. The van der Waals surface area contributed by atoms with Crippen LogP contribution < -0.4 is 4.74 Å². The zero-order valence-electron chi connectivity index (χ0n) is 10.1. The molecule has 0 bridgehead atoms. The molecule has 0 aliphatic carbocycles. The zero-order chi connectivity index (χ0) is 13.2. The molecule has 0 saturated carbocycles. The van der Waals surface area contributed by atoms with Crippen LogP contribution in [0.2, 0.25) is 0 Å². The zero-order valence-corrected chi connectivity index (χ0v) is 10.1. The van der Waals surface area contributed by atoms with Gasteiger partial charge in [0, 0.05) is 17.0 Å². The minimum atomic E-state index is -0.378. The van der Waals surface area contributed by atoms with Crippen LogP contribution in [0, 0.1) is 5.82 Å². The molecule has 4 heteroatoms. The highest BCUT2D eigenvalue weighted by atomic mass is 19.1. The van der Waals surface area contributed by atoms with Crippen LogP contribution in [0.25, 0.3) is 10.9 Å². The third-order valence-electron chi connectivity index (χ3n) is 2.88. The fourth-order valence-electron chi connectivity index (χ4n) is 1.97. The van der Waals surface area contributed by atoms with Gasteiger partial charge in [0.25, 0.3) is 0 Å². The lowest BCUT2D eigenvalue weighted by Crippen LogP contribution is -1.97. The number of hydrogen-bond acceptors (Lipinski definition) is 2. The second-order valence-corrected chi connectivity index (χ2v) is 4.29. The Morgan fingerprint density at radius 3 is 2.79 bits per heavy atom. The van der Waals surface area contributed by atoms with Crippen molar-refractivity contribution in [2.45, 2.75) is 6.61 Å². The van der Waals surface area contributed by atoms with E-state index in [1.54, 1.807) is 30.3 Å². The topological polar surface area (TPSA) is 45.2 Å². The average Bonchev–Trinajstić information content (AvgIpc) is 2.79. The second kappa shape index (κ2) is 4.65. The van der Waals surface area contributed by atoms with Gasteiger partial charge in [-0.1, -0.05) is 12.1 Å². The summed E-state index contributed by atoms with van der Waals surface area (Å²) < 4.78 is 18.8. The summed E-state index contributed by atoms with van der Waals surface area (Å²) in [5.41, 5.74) is 1.65. The van der Waals surface area contributed by atoms with Gasteiger partial charge in [-0.05, 0) is 30.3 Å². The van der Waals surface area contributed by atoms with E-state index in [0.717, 1.165) is 16.6 Å². The van der Waals surface area contributed by atoms with Crippen LogP contribution in [-0.2, 0) is 6.61 Å². The Balaban J connectivity index is 1.80. The third-order valence-corrected chi connectivity index (χ3v) is 2.88. The molecule has 0 saturated heterocycles. The molecule has 2 aromatic carbocycles. The number of halogens is 1. The molecule has 0 aliphatic rings. The van der Waals surface area contributed by atoms with Crippen molar-refractivity contribution < 1.29 is 14.2 Å². The van der Waals surface area contributed by atoms with E-state index < -0.39 is 0 Å². The average molecular weight is 257 g/mol. The summed E-state index contributed by atoms with van der Waals surface area (Å²) in [6, 6.07) is 13.3. The molecule has 0 amide bonds. The number of aromatic amines is 1. The first kappa shape index (κ1) is 11.6. The number of phenolic OH excluding ortho intramolecular Hbond substituents is 1. The Morgan fingerprint density at radius 2 is 1.95 bits per heavy atom. The van der Waals surface area contributed by atoms with Gasteiger partial charge in [-0.2, -0.15) is 0 Å². The predicted molar refractivity (Wildman–Crippen MR) is 70.7 cm³/mol. The van der Waals surface area contributed by atoms with E-state index in [1.807, 2.05) is 12.1 Å². The number of rotatable bonds is 3. The van der Waals surface area contributed by atoms with Crippen molar-refractivity contribution in [2.75, 3.05) is 0 Å². The first-order valence-electron chi connectivity index (χ1n) is 5.90. The number of fused-ring (bicyclic) bond motifs is 1. The quantitative estimate of drug-likeness (QED) is 0.753. The lowest BCUT2D eigenvalue weighted by molar-refractivity contribution is 0.287. The summed E-state index contributed by atoms with van der Waals surface area (Å²) in [7, 11) is 0. The van der Waals surface area contributed by atoms with E-state index in [0.29, 0.717) is 0 Å². The molecule has 3 rings (SSSR count). The lowest BCUT2D eigenvalue weighted by Gasteiger charge is -2.05. The number of aromatic hydroxyl groups is 1. The van der Waals surface area contributed by atoms with E-state index >= 15 is 0 Å². The fraction of sp³-hybridized carbons (Fsp3) is 0.0667. The number of hydrogen-bond donors (Lipinski definition) is 2. The molecular weight excluding hydrogens is 245 g/mol. The molecule has 0 aliphatic heterocycles. The van der Waals surface area contributed by atoms with E-state index in [4.69, 9.17) is 4.74 Å². The molecule has 2 N–H and O–H groups in total. The smallest absolute Gasteiger partial charge is 0.165 e. The summed E-state index contributed by atoms with van der Waals surface area (Å²) in [4.78, 5) is 3.12. The van der Waals surface area contributed by atoms with Crippen LogP contribution >= 0.6 is 0 Å². The molecule has 3 nitrogen and oxygen atoms in total. The van der Waals surface area contributed by atoms with Gasteiger partial charge in [0.05, 0.1) is 5.69 Å². The molecule has 19 heavy (non-hydrogen) atoms. The number of para-hydroxylation sites is 1. The van der Waals surface area contributed by atoms with Gasteiger partial charge in [-0.15, -0.1) is 0 Å². The first-order chi connectivity index (χ1) is 9.22. The molecule has 0 atom stereocenters. The minimum Gasteiger partial charge on any atom is -0.508 e. The second-order valence-electron chi connectivity index (χ2n) is 4.29. The van der Waals surface area contributed by atoms with Crippen molar-refractivity contribution in [1.29, 1.82) is 0 Å². The first-order valence-corrected chi connectivity index (χ1v) is 5.90. The molecule has 0 fully saturated rings. The number of nitrogens with one attached hydrogen (secondary N) is 1. The highest BCUT2D eigenvalue weighted by Gasteiger charge is 2.05. The standard InChI is InChI=1S/C15H12FNO2/c16-13-3-1-2-4-15(13)19-9-11-7-10-5-6-12(18)8-14(10)17-11/h1-8,17-18H,9H2. The molecule has 96 valence electrons. The Morgan fingerprint density at radius 1 is 1.11 bits per heavy atom. The van der Waals surface area contributed by atoms with Gasteiger partial charge in [-0.3, -0.25) is 0 Å². The SMILES string of the molecule is Oc1ccc2cc(COc3ccccc3F)[nH]c2c1. The van der Waals surface area contributed by atoms with Crippen molar-refractivity contribution in [3.63, 3.8) is 0 Å². The summed E-state index contributed by atoms with van der Waals surface area (Å²) in [5, 5.41) is 10.4. The predicted octanol–water partition coefficient (Wildman–Crippen LogP) is 3.59. The number of ether oxygens (including phenoxy) is 1. The van der Waals surface area contributed by atoms with E-state index in [-0.39, 0.29) is 23.9 Å².